The van der Waals surface area contributed by atoms with Gasteiger partial charge in [0.15, 0.2) is 0 Å². The Balaban J connectivity index is 1.66. The Hall–Kier alpha value is -2.88. The average Bonchev–Trinajstić information content (AvgIpc) is 2.97. The lowest BCUT2D eigenvalue weighted by Gasteiger charge is -2.25. The molecule has 1 amide bonds. The van der Waals surface area contributed by atoms with E-state index in [1.807, 2.05) is 55.5 Å². The van der Waals surface area contributed by atoms with E-state index in [-0.39, 0.29) is 5.91 Å². The summed E-state index contributed by atoms with van der Waals surface area (Å²) >= 11 is 0. The van der Waals surface area contributed by atoms with E-state index in [9.17, 15) is 4.79 Å². The molecule has 0 bridgehead atoms. The molecule has 0 saturated carbocycles. The number of hydrogen-bond acceptors (Lipinski definition) is 3. The number of para-hydroxylation sites is 3. The predicted octanol–water partition coefficient (Wildman–Crippen LogP) is 5.18. The Morgan fingerprint density at radius 1 is 0.963 bits per heavy atom. The number of pyridine rings is 1. The van der Waals surface area contributed by atoms with Gasteiger partial charge < -0.3 is 10.2 Å². The molecule has 4 rings (SSSR count). The van der Waals surface area contributed by atoms with Crippen LogP contribution in [0.1, 0.15) is 41.7 Å². The maximum atomic E-state index is 13.1. The number of fused-ring (bicyclic) bond motifs is 1. The predicted molar refractivity (Wildman–Crippen MR) is 112 cm³/mol. The van der Waals surface area contributed by atoms with Crippen LogP contribution in [-0.2, 0) is 0 Å². The zero-order chi connectivity index (χ0) is 18.6. The molecule has 2 aromatic carbocycles. The molecule has 1 N–H and O–H groups in total. The van der Waals surface area contributed by atoms with Crippen molar-refractivity contribution in [2.45, 2.75) is 32.6 Å². The molecule has 1 fully saturated rings. The lowest BCUT2D eigenvalue weighted by molar-refractivity contribution is 0.102. The molecule has 0 unspecified atom stereocenters. The van der Waals surface area contributed by atoms with E-state index in [1.165, 1.54) is 25.7 Å². The first-order chi connectivity index (χ1) is 13.2. The highest BCUT2D eigenvalue weighted by molar-refractivity contribution is 6.13. The molecule has 4 heteroatoms. The third-order valence-corrected chi connectivity index (χ3v) is 5.19. The van der Waals surface area contributed by atoms with Gasteiger partial charge in [0.25, 0.3) is 5.91 Å². The van der Waals surface area contributed by atoms with Crippen molar-refractivity contribution in [2.75, 3.05) is 23.3 Å². The second-order valence-corrected chi connectivity index (χ2v) is 7.20. The number of carbonyl (C=O) groups excluding carboxylic acids is 1. The van der Waals surface area contributed by atoms with Crippen molar-refractivity contribution in [3.8, 4) is 0 Å². The maximum Gasteiger partial charge on any atom is 0.256 e. The van der Waals surface area contributed by atoms with Crippen molar-refractivity contribution in [2.24, 2.45) is 0 Å². The molecule has 1 aliphatic rings. The van der Waals surface area contributed by atoms with Gasteiger partial charge in [0.1, 0.15) is 0 Å². The number of aromatic nitrogens is 1. The van der Waals surface area contributed by atoms with Crippen LogP contribution >= 0.6 is 0 Å². The molecule has 27 heavy (non-hydrogen) atoms. The first kappa shape index (κ1) is 17.5. The highest BCUT2D eigenvalue weighted by atomic mass is 16.1. The van der Waals surface area contributed by atoms with Crippen LogP contribution in [0.25, 0.3) is 10.9 Å². The average molecular weight is 359 g/mol. The van der Waals surface area contributed by atoms with Crippen LogP contribution in [0.15, 0.2) is 54.6 Å². The Morgan fingerprint density at radius 2 is 1.67 bits per heavy atom. The van der Waals surface area contributed by atoms with Gasteiger partial charge in [0.05, 0.1) is 22.5 Å². The van der Waals surface area contributed by atoms with Gasteiger partial charge >= 0.3 is 0 Å². The summed E-state index contributed by atoms with van der Waals surface area (Å²) in [6.45, 7) is 4.02. The Labute approximate surface area is 160 Å². The van der Waals surface area contributed by atoms with E-state index < -0.39 is 0 Å². The summed E-state index contributed by atoms with van der Waals surface area (Å²) in [7, 11) is 0. The molecule has 0 aliphatic carbocycles. The minimum Gasteiger partial charge on any atom is -0.370 e. The summed E-state index contributed by atoms with van der Waals surface area (Å²) in [4.78, 5) is 20.1. The molecule has 3 aromatic rings. The summed E-state index contributed by atoms with van der Waals surface area (Å²) in [6, 6.07) is 17.8. The monoisotopic (exact) mass is 359 g/mol. The topological polar surface area (TPSA) is 45.2 Å². The third-order valence-electron chi connectivity index (χ3n) is 5.19. The maximum absolute atomic E-state index is 13.1. The van der Waals surface area contributed by atoms with Gasteiger partial charge in [-0.1, -0.05) is 43.2 Å². The molecular formula is C23H25N3O. The number of nitrogens with one attached hydrogen (secondary N) is 1. The van der Waals surface area contributed by atoms with E-state index in [4.69, 9.17) is 0 Å². The van der Waals surface area contributed by atoms with Crippen LogP contribution < -0.4 is 10.2 Å². The summed E-state index contributed by atoms with van der Waals surface area (Å²) < 4.78 is 0. The molecule has 0 atom stereocenters. The van der Waals surface area contributed by atoms with Crippen LogP contribution in [0.5, 0.6) is 0 Å². The highest BCUT2D eigenvalue weighted by Gasteiger charge is 2.17. The second kappa shape index (κ2) is 7.78. The number of aryl methyl sites for hydroxylation is 1. The van der Waals surface area contributed by atoms with Crippen LogP contribution in [0, 0.1) is 6.92 Å². The van der Waals surface area contributed by atoms with Crippen LogP contribution in [0.4, 0.5) is 11.4 Å². The molecule has 4 nitrogen and oxygen atoms in total. The Kier molecular flexibility index (Phi) is 5.05. The lowest BCUT2D eigenvalue weighted by Crippen LogP contribution is -2.25. The smallest absolute Gasteiger partial charge is 0.256 e. The number of amides is 1. The zero-order valence-corrected chi connectivity index (χ0v) is 15.7. The van der Waals surface area contributed by atoms with E-state index >= 15 is 0 Å². The number of hydrogen-bond donors (Lipinski definition) is 1. The van der Waals surface area contributed by atoms with Crippen molar-refractivity contribution in [1.82, 2.24) is 4.98 Å². The van der Waals surface area contributed by atoms with E-state index in [0.717, 1.165) is 41.1 Å². The fraction of sp³-hybridized carbons (Fsp3) is 0.304. The van der Waals surface area contributed by atoms with E-state index in [2.05, 4.69) is 21.3 Å². The van der Waals surface area contributed by atoms with Crippen LogP contribution in [0.2, 0.25) is 0 Å². The van der Waals surface area contributed by atoms with E-state index in [1.54, 1.807) is 0 Å². The highest BCUT2D eigenvalue weighted by Crippen LogP contribution is 2.29. The quantitative estimate of drug-likeness (QED) is 0.701. The standard InChI is InChI=1S/C23H25N3O/c1-17-16-19(18-10-4-5-11-20(18)24-17)23(27)25-21-12-6-7-13-22(21)26-14-8-2-3-9-15-26/h4-7,10-13,16H,2-3,8-9,14-15H2,1H3,(H,25,27). The summed E-state index contributed by atoms with van der Waals surface area (Å²) in [5.41, 5.74) is 4.36. The number of nitrogens with zero attached hydrogens (tertiary/aromatic N) is 2. The van der Waals surface area contributed by atoms with Gasteiger partial charge in [-0.25, -0.2) is 0 Å². The van der Waals surface area contributed by atoms with Crippen molar-refractivity contribution in [3.05, 3.63) is 65.9 Å². The molecule has 1 saturated heterocycles. The Morgan fingerprint density at radius 3 is 2.48 bits per heavy atom. The normalized spacial score (nSPS) is 14.8. The van der Waals surface area contributed by atoms with Gasteiger partial charge in [0, 0.05) is 24.2 Å². The molecule has 138 valence electrons. The van der Waals surface area contributed by atoms with Crippen molar-refractivity contribution in [1.29, 1.82) is 0 Å². The number of rotatable bonds is 3. The summed E-state index contributed by atoms with van der Waals surface area (Å²) in [6.07, 6.45) is 4.98. The van der Waals surface area contributed by atoms with Gasteiger partial charge in [-0.2, -0.15) is 0 Å². The first-order valence-electron chi connectivity index (χ1n) is 9.74. The van der Waals surface area contributed by atoms with Crippen LogP contribution in [-0.4, -0.2) is 24.0 Å². The SMILES string of the molecule is Cc1cc(C(=O)Nc2ccccc2N2CCCCCC2)c2ccccc2n1. The van der Waals surface area contributed by atoms with Crippen molar-refractivity contribution in [3.63, 3.8) is 0 Å². The molecule has 2 heterocycles. The lowest BCUT2D eigenvalue weighted by atomic mass is 10.1. The van der Waals surface area contributed by atoms with Crippen molar-refractivity contribution >= 4 is 28.2 Å². The van der Waals surface area contributed by atoms with Gasteiger partial charge in [-0.05, 0) is 44.0 Å². The van der Waals surface area contributed by atoms with Gasteiger partial charge in [-0.3, -0.25) is 9.78 Å². The third kappa shape index (κ3) is 3.80. The van der Waals surface area contributed by atoms with Crippen LogP contribution in [0.3, 0.4) is 0 Å². The Bertz CT molecular complexity index is 959. The second-order valence-electron chi connectivity index (χ2n) is 7.20. The fourth-order valence-electron chi connectivity index (χ4n) is 3.85. The minimum atomic E-state index is -0.0843. The van der Waals surface area contributed by atoms with Crippen molar-refractivity contribution < 1.29 is 4.79 Å². The number of anilines is 2. The minimum absolute atomic E-state index is 0.0843. The molecular weight excluding hydrogens is 334 g/mol. The molecule has 0 spiro atoms. The number of benzene rings is 2. The first-order valence-corrected chi connectivity index (χ1v) is 9.74. The molecule has 0 radical (unpaired) electrons. The summed E-state index contributed by atoms with van der Waals surface area (Å²) in [5.74, 6) is -0.0843. The number of carbonyl (C=O) groups is 1. The van der Waals surface area contributed by atoms with Gasteiger partial charge in [0.2, 0.25) is 0 Å². The molecule has 1 aromatic heterocycles. The van der Waals surface area contributed by atoms with Gasteiger partial charge in [-0.15, -0.1) is 0 Å². The zero-order valence-electron chi connectivity index (χ0n) is 15.7. The summed E-state index contributed by atoms with van der Waals surface area (Å²) in [5, 5.41) is 4.04. The largest absolute Gasteiger partial charge is 0.370 e. The van der Waals surface area contributed by atoms with E-state index in [0.29, 0.717) is 5.56 Å². The molecule has 1 aliphatic heterocycles. The fourth-order valence-corrected chi connectivity index (χ4v) is 3.85.